The van der Waals surface area contributed by atoms with Crippen LogP contribution in [0.3, 0.4) is 0 Å². The Balaban J connectivity index is 1.19. The molecule has 2 amide bonds. The lowest BCUT2D eigenvalue weighted by Gasteiger charge is -2.36. The molecule has 2 aromatic heterocycles. The van der Waals surface area contributed by atoms with Crippen LogP contribution in [0.2, 0.25) is 0 Å². The summed E-state index contributed by atoms with van der Waals surface area (Å²) in [5, 5.41) is 3.68. The Hall–Kier alpha value is -4.13. The molecule has 7 heteroatoms. The minimum Gasteiger partial charge on any atom is -0.463 e. The quantitative estimate of drug-likeness (QED) is 0.477. The van der Waals surface area contributed by atoms with Crippen molar-refractivity contribution in [2.75, 3.05) is 37.6 Å². The Morgan fingerprint density at radius 1 is 0.912 bits per heavy atom. The maximum Gasteiger partial charge on any atom is 0.252 e. The van der Waals surface area contributed by atoms with Crippen LogP contribution in [0.1, 0.15) is 16.8 Å². The maximum atomic E-state index is 13.0. The SMILES string of the molecule is O=C(NCCC(=O)N1CCN(c2ccccc2)CC1)c1cc(-c2ccco2)nc2ccccc12. The Morgan fingerprint density at radius 2 is 1.68 bits per heavy atom. The fraction of sp³-hybridized carbons (Fsp3) is 0.222. The van der Waals surface area contributed by atoms with Gasteiger partial charge in [-0.2, -0.15) is 0 Å². The molecular formula is C27H26N4O3. The Bertz CT molecular complexity index is 1280. The molecule has 0 saturated carbocycles. The van der Waals surface area contributed by atoms with Gasteiger partial charge in [0.25, 0.3) is 5.91 Å². The normalized spacial score (nSPS) is 13.8. The summed E-state index contributed by atoms with van der Waals surface area (Å²) in [5.74, 6) is 0.432. The van der Waals surface area contributed by atoms with Gasteiger partial charge in [0.15, 0.2) is 5.76 Å². The molecule has 0 aliphatic carbocycles. The first kappa shape index (κ1) is 21.7. The van der Waals surface area contributed by atoms with E-state index in [-0.39, 0.29) is 24.8 Å². The van der Waals surface area contributed by atoms with E-state index in [0.717, 1.165) is 18.5 Å². The standard InChI is InChI=1S/C27H26N4O3/c32-26(31-16-14-30(15-17-31)20-7-2-1-3-8-20)12-13-28-27(33)22-19-24(25-11-6-18-34-25)29-23-10-5-4-9-21(22)23/h1-11,18-19H,12-17H2,(H,28,33). The van der Waals surface area contributed by atoms with Gasteiger partial charge < -0.3 is 19.5 Å². The van der Waals surface area contributed by atoms with Crippen LogP contribution in [-0.2, 0) is 4.79 Å². The van der Waals surface area contributed by atoms with Crippen LogP contribution >= 0.6 is 0 Å². The smallest absolute Gasteiger partial charge is 0.252 e. The summed E-state index contributed by atoms with van der Waals surface area (Å²) in [5.41, 5.74) is 3.01. The summed E-state index contributed by atoms with van der Waals surface area (Å²) in [4.78, 5) is 34.5. The number of hydrogen-bond donors (Lipinski definition) is 1. The summed E-state index contributed by atoms with van der Waals surface area (Å²) < 4.78 is 5.47. The zero-order valence-corrected chi connectivity index (χ0v) is 18.8. The monoisotopic (exact) mass is 454 g/mol. The molecule has 0 atom stereocenters. The van der Waals surface area contributed by atoms with Crippen LogP contribution < -0.4 is 10.2 Å². The van der Waals surface area contributed by atoms with Crippen molar-refractivity contribution in [3.63, 3.8) is 0 Å². The van der Waals surface area contributed by atoms with Crippen molar-refractivity contribution in [3.8, 4) is 11.5 Å². The highest BCUT2D eigenvalue weighted by molar-refractivity contribution is 6.07. The van der Waals surface area contributed by atoms with E-state index < -0.39 is 0 Å². The van der Waals surface area contributed by atoms with Gasteiger partial charge in [-0.15, -0.1) is 0 Å². The summed E-state index contributed by atoms with van der Waals surface area (Å²) in [6, 6.07) is 23.1. The van der Waals surface area contributed by atoms with E-state index in [9.17, 15) is 9.59 Å². The van der Waals surface area contributed by atoms with E-state index in [1.807, 2.05) is 53.4 Å². The van der Waals surface area contributed by atoms with E-state index in [2.05, 4.69) is 27.3 Å². The molecule has 34 heavy (non-hydrogen) atoms. The third-order valence-electron chi connectivity index (χ3n) is 6.11. The largest absolute Gasteiger partial charge is 0.463 e. The van der Waals surface area contributed by atoms with Crippen molar-refractivity contribution in [1.29, 1.82) is 0 Å². The number of amides is 2. The lowest BCUT2D eigenvalue weighted by Crippen LogP contribution is -2.49. The van der Waals surface area contributed by atoms with Crippen molar-refractivity contribution >= 4 is 28.4 Å². The summed E-state index contributed by atoms with van der Waals surface area (Å²) in [6.45, 7) is 3.26. The van der Waals surface area contributed by atoms with E-state index in [4.69, 9.17) is 4.42 Å². The number of anilines is 1. The predicted octanol–water partition coefficient (Wildman–Crippen LogP) is 3.96. The number of rotatable bonds is 6. The van der Waals surface area contributed by atoms with Gasteiger partial charge in [-0.3, -0.25) is 9.59 Å². The molecule has 1 aliphatic rings. The molecule has 1 fully saturated rings. The maximum absolute atomic E-state index is 13.0. The number of hydrogen-bond acceptors (Lipinski definition) is 5. The molecule has 1 N–H and O–H groups in total. The number of furan rings is 1. The first-order valence-corrected chi connectivity index (χ1v) is 11.5. The summed E-state index contributed by atoms with van der Waals surface area (Å²) in [7, 11) is 0. The highest BCUT2D eigenvalue weighted by Gasteiger charge is 2.21. The first-order valence-electron chi connectivity index (χ1n) is 11.5. The molecule has 172 valence electrons. The molecule has 1 saturated heterocycles. The van der Waals surface area contributed by atoms with Crippen molar-refractivity contribution in [2.24, 2.45) is 0 Å². The minimum absolute atomic E-state index is 0.0591. The second-order valence-corrected chi connectivity index (χ2v) is 8.26. The van der Waals surface area contributed by atoms with Gasteiger partial charge in [-0.25, -0.2) is 4.98 Å². The zero-order valence-electron chi connectivity index (χ0n) is 18.8. The highest BCUT2D eigenvalue weighted by Crippen LogP contribution is 2.25. The van der Waals surface area contributed by atoms with E-state index >= 15 is 0 Å². The van der Waals surface area contributed by atoms with Gasteiger partial charge in [-0.05, 0) is 36.4 Å². The second-order valence-electron chi connectivity index (χ2n) is 8.26. The first-order chi connectivity index (χ1) is 16.7. The second kappa shape index (κ2) is 9.79. The van der Waals surface area contributed by atoms with Crippen molar-refractivity contribution in [1.82, 2.24) is 15.2 Å². The number of fused-ring (bicyclic) bond motifs is 1. The molecule has 0 unspecified atom stereocenters. The Morgan fingerprint density at radius 3 is 2.44 bits per heavy atom. The van der Waals surface area contributed by atoms with Crippen LogP contribution in [0.4, 0.5) is 5.69 Å². The lowest BCUT2D eigenvalue weighted by atomic mass is 10.1. The fourth-order valence-corrected chi connectivity index (χ4v) is 4.30. The minimum atomic E-state index is -0.229. The number of pyridine rings is 1. The Labute approximate surface area is 198 Å². The molecule has 0 spiro atoms. The summed E-state index contributed by atoms with van der Waals surface area (Å²) >= 11 is 0. The molecule has 1 aliphatic heterocycles. The van der Waals surface area contributed by atoms with E-state index in [1.54, 1.807) is 18.4 Å². The number of piperazine rings is 1. The average molecular weight is 455 g/mol. The summed E-state index contributed by atoms with van der Waals surface area (Å²) in [6.07, 6.45) is 1.85. The fourth-order valence-electron chi connectivity index (χ4n) is 4.30. The number of benzene rings is 2. The molecule has 7 nitrogen and oxygen atoms in total. The van der Waals surface area contributed by atoms with E-state index in [1.165, 1.54) is 5.69 Å². The predicted molar refractivity (Wildman–Crippen MR) is 132 cm³/mol. The molecule has 5 rings (SSSR count). The molecule has 4 aromatic rings. The topological polar surface area (TPSA) is 78.7 Å². The molecule has 0 radical (unpaired) electrons. The molecule has 0 bridgehead atoms. The van der Waals surface area contributed by atoms with E-state index in [0.29, 0.717) is 35.6 Å². The number of carbonyl (C=O) groups is 2. The van der Waals surface area contributed by atoms with Gasteiger partial charge in [0.2, 0.25) is 5.91 Å². The van der Waals surface area contributed by atoms with Crippen molar-refractivity contribution in [2.45, 2.75) is 6.42 Å². The van der Waals surface area contributed by atoms with Crippen LogP contribution in [0, 0.1) is 0 Å². The number of nitrogens with zero attached hydrogens (tertiary/aromatic N) is 3. The number of carbonyl (C=O) groups excluding carboxylic acids is 2. The van der Waals surface area contributed by atoms with Crippen LogP contribution in [-0.4, -0.2) is 54.4 Å². The average Bonchev–Trinajstić information content (AvgIpc) is 3.44. The van der Waals surface area contributed by atoms with Gasteiger partial charge in [0, 0.05) is 50.2 Å². The van der Waals surface area contributed by atoms with Gasteiger partial charge in [-0.1, -0.05) is 36.4 Å². The van der Waals surface area contributed by atoms with Crippen LogP contribution in [0.5, 0.6) is 0 Å². The van der Waals surface area contributed by atoms with Crippen LogP contribution in [0.15, 0.2) is 83.5 Å². The van der Waals surface area contributed by atoms with Crippen molar-refractivity contribution in [3.05, 3.63) is 84.6 Å². The number of para-hydroxylation sites is 2. The molecule has 3 heterocycles. The van der Waals surface area contributed by atoms with Gasteiger partial charge in [0.1, 0.15) is 5.69 Å². The lowest BCUT2D eigenvalue weighted by molar-refractivity contribution is -0.131. The van der Waals surface area contributed by atoms with Gasteiger partial charge >= 0.3 is 0 Å². The zero-order chi connectivity index (χ0) is 23.3. The van der Waals surface area contributed by atoms with Crippen molar-refractivity contribution < 1.29 is 14.0 Å². The molecule has 2 aromatic carbocycles. The molecular weight excluding hydrogens is 428 g/mol. The highest BCUT2D eigenvalue weighted by atomic mass is 16.3. The number of nitrogens with one attached hydrogen (secondary N) is 1. The van der Waals surface area contributed by atoms with Gasteiger partial charge in [0.05, 0.1) is 17.3 Å². The third-order valence-corrected chi connectivity index (χ3v) is 6.11. The Kier molecular flexibility index (Phi) is 6.25. The van der Waals surface area contributed by atoms with Crippen LogP contribution in [0.25, 0.3) is 22.4 Å². The number of aromatic nitrogens is 1. The third kappa shape index (κ3) is 4.64.